The van der Waals surface area contributed by atoms with E-state index in [1.54, 1.807) is 6.07 Å². The van der Waals surface area contributed by atoms with Gasteiger partial charge in [-0.15, -0.1) is 0 Å². The fourth-order valence-corrected chi connectivity index (χ4v) is 1.32. The van der Waals surface area contributed by atoms with E-state index in [0.29, 0.717) is 17.9 Å². The third-order valence-electron chi connectivity index (χ3n) is 2.27. The molecule has 1 aromatic carbocycles. The van der Waals surface area contributed by atoms with Crippen molar-refractivity contribution in [2.24, 2.45) is 5.73 Å². The van der Waals surface area contributed by atoms with Crippen LogP contribution in [0.1, 0.15) is 5.56 Å². The summed E-state index contributed by atoms with van der Waals surface area (Å²) < 4.78 is 5.53. The van der Waals surface area contributed by atoms with Gasteiger partial charge in [-0.05, 0) is 20.2 Å². The summed E-state index contributed by atoms with van der Waals surface area (Å²) in [6.07, 6.45) is 0. The van der Waals surface area contributed by atoms with E-state index in [1.165, 1.54) is 12.1 Å². The average Bonchev–Trinajstić information content (AvgIpc) is 2.28. The Labute approximate surface area is 100 Å². The van der Waals surface area contributed by atoms with Gasteiger partial charge >= 0.3 is 0 Å². The molecule has 0 radical (unpaired) electrons. The lowest BCUT2D eigenvalue weighted by Gasteiger charge is -2.13. The lowest BCUT2D eigenvalue weighted by Crippen LogP contribution is -2.20. The van der Waals surface area contributed by atoms with Crippen LogP contribution in [0.15, 0.2) is 18.2 Å². The minimum atomic E-state index is -0.442. The Bertz CT molecular complexity index is 394. The molecular formula is C11H17N3O3. The van der Waals surface area contributed by atoms with Gasteiger partial charge in [-0.25, -0.2) is 0 Å². The van der Waals surface area contributed by atoms with E-state index in [2.05, 4.69) is 0 Å². The number of hydrogen-bond acceptors (Lipinski definition) is 5. The van der Waals surface area contributed by atoms with Crippen LogP contribution in [0.3, 0.4) is 0 Å². The SMILES string of the molecule is CN(C)CCOc1ccc([N+](=O)[O-])cc1CN. The van der Waals surface area contributed by atoms with Crippen molar-refractivity contribution in [3.05, 3.63) is 33.9 Å². The summed E-state index contributed by atoms with van der Waals surface area (Å²) in [5.74, 6) is 0.611. The Hall–Kier alpha value is -1.66. The van der Waals surface area contributed by atoms with Crippen molar-refractivity contribution < 1.29 is 9.66 Å². The van der Waals surface area contributed by atoms with Gasteiger partial charge in [0.1, 0.15) is 12.4 Å². The molecule has 0 aromatic heterocycles. The Morgan fingerprint density at radius 1 is 1.47 bits per heavy atom. The fraction of sp³-hybridized carbons (Fsp3) is 0.455. The second-order valence-corrected chi connectivity index (χ2v) is 3.90. The molecule has 0 unspecified atom stereocenters. The van der Waals surface area contributed by atoms with Crippen molar-refractivity contribution in [2.45, 2.75) is 6.54 Å². The first-order chi connectivity index (χ1) is 8.04. The molecule has 0 bridgehead atoms. The summed E-state index contributed by atoms with van der Waals surface area (Å²) in [5, 5.41) is 10.6. The Kier molecular flexibility index (Phi) is 4.86. The van der Waals surface area contributed by atoms with Gasteiger partial charge in [0, 0.05) is 30.8 Å². The maximum Gasteiger partial charge on any atom is 0.270 e. The van der Waals surface area contributed by atoms with E-state index < -0.39 is 4.92 Å². The molecule has 0 aliphatic carbocycles. The van der Waals surface area contributed by atoms with Crippen molar-refractivity contribution >= 4 is 5.69 Å². The number of benzene rings is 1. The summed E-state index contributed by atoms with van der Waals surface area (Å²) in [5.41, 5.74) is 6.22. The second-order valence-electron chi connectivity index (χ2n) is 3.90. The molecular weight excluding hydrogens is 222 g/mol. The minimum absolute atomic E-state index is 0.0328. The van der Waals surface area contributed by atoms with Crippen molar-refractivity contribution in [1.82, 2.24) is 4.90 Å². The van der Waals surface area contributed by atoms with Gasteiger partial charge in [0.25, 0.3) is 5.69 Å². The third-order valence-corrected chi connectivity index (χ3v) is 2.27. The molecule has 6 heteroatoms. The monoisotopic (exact) mass is 239 g/mol. The first-order valence-corrected chi connectivity index (χ1v) is 5.29. The number of nitrogens with zero attached hydrogens (tertiary/aromatic N) is 2. The van der Waals surface area contributed by atoms with E-state index >= 15 is 0 Å². The van der Waals surface area contributed by atoms with Crippen LogP contribution in [-0.4, -0.2) is 37.1 Å². The Balaban J connectivity index is 2.75. The molecule has 0 heterocycles. The third kappa shape index (κ3) is 4.01. The molecule has 0 aliphatic heterocycles. The molecule has 17 heavy (non-hydrogen) atoms. The highest BCUT2D eigenvalue weighted by Crippen LogP contribution is 2.23. The normalized spacial score (nSPS) is 10.6. The predicted octanol–water partition coefficient (Wildman–Crippen LogP) is 0.994. The molecule has 0 aliphatic rings. The van der Waals surface area contributed by atoms with Crippen LogP contribution >= 0.6 is 0 Å². The van der Waals surface area contributed by atoms with Crippen LogP contribution in [0.5, 0.6) is 5.75 Å². The molecule has 0 atom stereocenters. The number of non-ortho nitro benzene ring substituents is 1. The number of nitro benzene ring substituents is 1. The number of rotatable bonds is 6. The molecule has 94 valence electrons. The minimum Gasteiger partial charge on any atom is -0.492 e. The lowest BCUT2D eigenvalue weighted by atomic mass is 10.2. The van der Waals surface area contributed by atoms with Crippen molar-refractivity contribution in [3.8, 4) is 5.75 Å². The first kappa shape index (κ1) is 13.4. The Morgan fingerprint density at radius 2 is 2.18 bits per heavy atom. The summed E-state index contributed by atoms with van der Waals surface area (Å²) >= 11 is 0. The zero-order valence-electron chi connectivity index (χ0n) is 10.0. The molecule has 0 fully saturated rings. The number of ether oxygens (including phenoxy) is 1. The van der Waals surface area contributed by atoms with E-state index in [0.717, 1.165) is 6.54 Å². The molecule has 6 nitrogen and oxygen atoms in total. The number of nitrogens with two attached hydrogens (primary N) is 1. The highest BCUT2D eigenvalue weighted by molar-refractivity contribution is 5.43. The maximum absolute atomic E-state index is 10.6. The van der Waals surface area contributed by atoms with Gasteiger partial charge in [-0.2, -0.15) is 0 Å². The molecule has 0 spiro atoms. The zero-order chi connectivity index (χ0) is 12.8. The van der Waals surface area contributed by atoms with Gasteiger partial charge in [-0.3, -0.25) is 10.1 Å². The van der Waals surface area contributed by atoms with E-state index in [-0.39, 0.29) is 12.2 Å². The van der Waals surface area contributed by atoms with Crippen LogP contribution in [0.4, 0.5) is 5.69 Å². The van der Waals surface area contributed by atoms with Crippen molar-refractivity contribution in [3.63, 3.8) is 0 Å². The zero-order valence-corrected chi connectivity index (χ0v) is 10.0. The van der Waals surface area contributed by atoms with Gasteiger partial charge in [-0.1, -0.05) is 0 Å². The Morgan fingerprint density at radius 3 is 2.71 bits per heavy atom. The largest absolute Gasteiger partial charge is 0.492 e. The number of nitro groups is 1. The summed E-state index contributed by atoms with van der Waals surface area (Å²) in [6, 6.07) is 4.46. The van der Waals surface area contributed by atoms with Crippen LogP contribution in [0.25, 0.3) is 0 Å². The van der Waals surface area contributed by atoms with Crippen LogP contribution in [-0.2, 0) is 6.54 Å². The molecule has 2 N–H and O–H groups in total. The van der Waals surface area contributed by atoms with Crippen LogP contribution in [0.2, 0.25) is 0 Å². The summed E-state index contributed by atoms with van der Waals surface area (Å²) in [4.78, 5) is 12.2. The molecule has 0 amide bonds. The van der Waals surface area contributed by atoms with Gasteiger partial charge in [0.2, 0.25) is 0 Å². The van der Waals surface area contributed by atoms with E-state index in [9.17, 15) is 10.1 Å². The number of likely N-dealkylation sites (N-methyl/N-ethyl adjacent to an activating group) is 1. The van der Waals surface area contributed by atoms with Crippen LogP contribution < -0.4 is 10.5 Å². The molecule has 1 rings (SSSR count). The van der Waals surface area contributed by atoms with Gasteiger partial charge < -0.3 is 15.4 Å². The van der Waals surface area contributed by atoms with E-state index in [1.807, 2.05) is 19.0 Å². The maximum atomic E-state index is 10.6. The quantitative estimate of drug-likeness (QED) is 0.591. The van der Waals surface area contributed by atoms with Crippen LogP contribution in [0, 0.1) is 10.1 Å². The highest BCUT2D eigenvalue weighted by Gasteiger charge is 2.10. The fourth-order valence-electron chi connectivity index (χ4n) is 1.32. The molecule has 1 aromatic rings. The topological polar surface area (TPSA) is 81.6 Å². The molecule has 0 saturated heterocycles. The first-order valence-electron chi connectivity index (χ1n) is 5.29. The highest BCUT2D eigenvalue weighted by atomic mass is 16.6. The number of hydrogen-bond donors (Lipinski definition) is 1. The van der Waals surface area contributed by atoms with Crippen molar-refractivity contribution in [2.75, 3.05) is 27.2 Å². The summed E-state index contributed by atoms with van der Waals surface area (Å²) in [7, 11) is 3.89. The average molecular weight is 239 g/mol. The predicted molar refractivity (Wildman–Crippen MR) is 65.0 cm³/mol. The van der Waals surface area contributed by atoms with Gasteiger partial charge in [0.15, 0.2) is 0 Å². The standard InChI is InChI=1S/C11H17N3O3/c1-13(2)5-6-17-11-4-3-10(14(15)16)7-9(11)8-12/h3-4,7H,5-6,8,12H2,1-2H3. The second kappa shape index (κ2) is 6.17. The molecule has 0 saturated carbocycles. The lowest BCUT2D eigenvalue weighted by molar-refractivity contribution is -0.384. The van der Waals surface area contributed by atoms with Crippen molar-refractivity contribution in [1.29, 1.82) is 0 Å². The summed E-state index contributed by atoms with van der Waals surface area (Å²) in [6.45, 7) is 1.53. The van der Waals surface area contributed by atoms with Gasteiger partial charge in [0.05, 0.1) is 4.92 Å². The smallest absolute Gasteiger partial charge is 0.270 e. The van der Waals surface area contributed by atoms with E-state index in [4.69, 9.17) is 10.5 Å².